The van der Waals surface area contributed by atoms with Crippen LogP contribution in [0.4, 0.5) is 28.4 Å². The number of hydrogen-bond donors (Lipinski definition) is 0. The highest BCUT2D eigenvalue weighted by molar-refractivity contribution is 7.27. The highest BCUT2D eigenvalue weighted by atomic mass is 32.1. The third-order valence-corrected chi connectivity index (χ3v) is 18.6. The van der Waals surface area contributed by atoms with E-state index < -0.39 is 0 Å². The second-order valence-corrected chi connectivity index (χ2v) is 26.2. The van der Waals surface area contributed by atoms with Crippen molar-refractivity contribution in [3.63, 3.8) is 0 Å². The zero-order valence-corrected chi connectivity index (χ0v) is 44.5. The van der Waals surface area contributed by atoms with Gasteiger partial charge in [-0.3, -0.25) is 0 Å². The van der Waals surface area contributed by atoms with Gasteiger partial charge in [-0.15, -0.1) is 11.3 Å². The van der Waals surface area contributed by atoms with E-state index in [1.165, 1.54) is 126 Å². The summed E-state index contributed by atoms with van der Waals surface area (Å²) in [6.45, 7) is 28.9. The van der Waals surface area contributed by atoms with Gasteiger partial charge in [0.25, 0.3) is 0 Å². The van der Waals surface area contributed by atoms with E-state index in [-0.39, 0.29) is 33.9 Å². The summed E-state index contributed by atoms with van der Waals surface area (Å²) in [5.74, 6) is 0. The summed E-state index contributed by atoms with van der Waals surface area (Å²) in [6.07, 6.45) is 2.32. The van der Waals surface area contributed by atoms with E-state index >= 15 is 0 Å². The fourth-order valence-electron chi connectivity index (χ4n) is 13.3. The summed E-state index contributed by atoms with van der Waals surface area (Å²) in [6, 6.07) is 59.4. The minimum absolute atomic E-state index is 0.0215. The first-order chi connectivity index (χ1) is 33.7. The number of rotatable bonds is 3. The molecule has 3 heterocycles. The Morgan fingerprint density at radius 1 is 0.479 bits per heavy atom. The molecule has 0 bridgehead atoms. The van der Waals surface area contributed by atoms with E-state index in [2.05, 4.69) is 244 Å². The Labute approximate surface area is 426 Å². The Morgan fingerprint density at radius 2 is 1.11 bits per heavy atom. The molecule has 4 heteroatoms. The minimum Gasteiger partial charge on any atom is -0.376 e. The number of hydrogen-bond acceptors (Lipinski definition) is 3. The lowest BCUT2D eigenvalue weighted by molar-refractivity contribution is 0.332. The first-order valence-corrected chi connectivity index (χ1v) is 26.9. The van der Waals surface area contributed by atoms with Crippen LogP contribution in [0, 0.1) is 0 Å². The maximum Gasteiger partial charge on any atom is 0.334 e. The molecule has 0 atom stereocenters. The maximum absolute atomic E-state index is 2.80. The molecule has 0 spiro atoms. The van der Waals surface area contributed by atoms with Gasteiger partial charge in [-0.25, -0.2) is 0 Å². The van der Waals surface area contributed by atoms with Crippen LogP contribution in [0.3, 0.4) is 0 Å². The van der Waals surface area contributed by atoms with Crippen molar-refractivity contribution in [2.24, 2.45) is 0 Å². The summed E-state index contributed by atoms with van der Waals surface area (Å²) in [4.78, 5) is 5.50. The van der Waals surface area contributed by atoms with E-state index in [1.54, 1.807) is 0 Å². The zero-order valence-electron chi connectivity index (χ0n) is 43.7. The minimum atomic E-state index is -0.252. The molecule has 0 amide bonds. The van der Waals surface area contributed by atoms with E-state index in [1.807, 2.05) is 11.3 Å². The lowest BCUT2D eigenvalue weighted by atomic mass is 9.42. The molecule has 0 saturated carbocycles. The molecule has 8 aromatic carbocycles. The van der Waals surface area contributed by atoms with E-state index in [9.17, 15) is 0 Å². The monoisotopic (exact) mass is 940 g/mol. The van der Waals surface area contributed by atoms with Gasteiger partial charge < -0.3 is 9.71 Å². The highest BCUT2D eigenvalue weighted by Crippen LogP contribution is 2.60. The molecule has 1 aromatic heterocycles. The molecule has 2 aliphatic heterocycles. The Hall–Kier alpha value is -6.36. The van der Waals surface area contributed by atoms with Crippen molar-refractivity contribution in [1.29, 1.82) is 0 Å². The van der Waals surface area contributed by atoms with Gasteiger partial charge in [0, 0.05) is 59.5 Å². The SMILES string of the molecule is CC(C)(C)c1ccc(N2B3c4c(cc5c(c4-c4cc6c(cc42)C(C)(C)CCC6(C)C)C(C)(C)c2ccccc2-5)N(c2ccc(C(C)(C)C)cc2-c2ccccc2)c2ccc4c(sc5ccccc54)c23)cc1. The molecule has 9 aromatic rings. The average molecular weight is 941 g/mol. The van der Waals surface area contributed by atoms with Crippen LogP contribution >= 0.6 is 11.3 Å². The number of benzene rings is 8. The third kappa shape index (κ3) is 6.38. The Kier molecular flexibility index (Phi) is 9.33. The van der Waals surface area contributed by atoms with Crippen molar-refractivity contribution in [1.82, 2.24) is 0 Å². The molecule has 0 N–H and O–H groups in total. The van der Waals surface area contributed by atoms with Gasteiger partial charge in [0.2, 0.25) is 0 Å². The molecule has 4 aliphatic rings. The van der Waals surface area contributed by atoms with Crippen LogP contribution in [0.5, 0.6) is 0 Å². The van der Waals surface area contributed by atoms with Crippen molar-refractivity contribution >= 4 is 77.7 Å². The maximum atomic E-state index is 2.80. The zero-order chi connectivity index (χ0) is 49.3. The van der Waals surface area contributed by atoms with Crippen LogP contribution in [0.2, 0.25) is 0 Å². The van der Waals surface area contributed by atoms with Gasteiger partial charge in [-0.1, -0.05) is 180 Å². The topological polar surface area (TPSA) is 6.48 Å². The van der Waals surface area contributed by atoms with Crippen molar-refractivity contribution in [3.05, 3.63) is 185 Å². The molecular weight excluding hydrogens is 876 g/mol. The Balaban J connectivity index is 1.25. The van der Waals surface area contributed by atoms with Crippen LogP contribution in [0.1, 0.15) is 129 Å². The summed E-state index contributed by atoms with van der Waals surface area (Å²) >= 11 is 1.97. The molecule has 0 unspecified atom stereocenters. The van der Waals surface area contributed by atoms with Crippen LogP contribution < -0.4 is 20.6 Å². The summed E-state index contributed by atoms with van der Waals surface area (Å²) in [7, 11) is 0. The molecule has 2 nitrogen and oxygen atoms in total. The summed E-state index contributed by atoms with van der Waals surface area (Å²) in [5, 5.41) is 2.66. The standard InChI is InChI=1S/C67H65BN2S/c1-63(2,3)41-26-29-43(30-27-41)70-55-39-52-51(65(7,8)34-35-66(52,9)10)37-49(55)58-59-48(44-22-16-18-24-50(44)67(59,11)12)38-56-60(58)68(70)61-54(33-31-46-45-23-17-19-25-57(45)71-62(46)61)69(56)53-32-28-42(64(4,5)6)36-47(53)40-20-14-13-15-21-40/h13-33,36-39H,34-35H2,1-12H3. The summed E-state index contributed by atoms with van der Waals surface area (Å²) in [5.41, 5.74) is 25.3. The largest absolute Gasteiger partial charge is 0.376 e. The lowest BCUT2D eigenvalue weighted by Gasteiger charge is -2.49. The highest BCUT2D eigenvalue weighted by Gasteiger charge is 2.52. The molecule has 0 saturated heterocycles. The first kappa shape index (κ1) is 44.6. The van der Waals surface area contributed by atoms with Crippen molar-refractivity contribution in [3.8, 4) is 33.4 Å². The predicted octanol–water partition coefficient (Wildman–Crippen LogP) is 17.7. The van der Waals surface area contributed by atoms with Crippen LogP contribution in [-0.4, -0.2) is 6.85 Å². The van der Waals surface area contributed by atoms with Gasteiger partial charge in [0.05, 0.1) is 5.69 Å². The molecule has 0 fully saturated rings. The number of thiophene rings is 1. The normalized spacial score (nSPS) is 16.9. The fourth-order valence-corrected chi connectivity index (χ4v) is 14.6. The Bertz CT molecular complexity index is 3710. The smallest absolute Gasteiger partial charge is 0.334 e. The van der Waals surface area contributed by atoms with Gasteiger partial charge >= 0.3 is 6.85 Å². The molecular formula is C67H65BN2S. The lowest BCUT2D eigenvalue weighted by Crippen LogP contribution is -2.62. The Morgan fingerprint density at radius 3 is 1.83 bits per heavy atom. The quantitative estimate of drug-likeness (QED) is 0.163. The summed E-state index contributed by atoms with van der Waals surface area (Å²) < 4.78 is 2.69. The second kappa shape index (κ2) is 14.9. The third-order valence-electron chi connectivity index (χ3n) is 17.4. The van der Waals surface area contributed by atoms with Gasteiger partial charge in [-0.05, 0) is 156 Å². The van der Waals surface area contributed by atoms with E-state index in [0.29, 0.717) is 0 Å². The van der Waals surface area contributed by atoms with E-state index in [4.69, 9.17) is 0 Å². The first-order valence-electron chi connectivity index (χ1n) is 26.1. The molecule has 13 rings (SSSR count). The molecule has 352 valence electrons. The predicted molar refractivity (Wildman–Crippen MR) is 309 cm³/mol. The fraction of sp³-hybridized carbons (Fsp3) is 0.284. The van der Waals surface area contributed by atoms with Gasteiger partial charge in [0.1, 0.15) is 0 Å². The molecule has 2 aliphatic carbocycles. The van der Waals surface area contributed by atoms with Gasteiger partial charge in [0.15, 0.2) is 0 Å². The van der Waals surface area contributed by atoms with Crippen molar-refractivity contribution in [2.45, 2.75) is 123 Å². The molecule has 0 radical (unpaired) electrons. The molecule has 71 heavy (non-hydrogen) atoms. The number of fused-ring (bicyclic) bond motifs is 13. The number of anilines is 5. The number of nitrogens with zero attached hydrogens (tertiary/aromatic N) is 2. The average Bonchev–Trinajstić information content (AvgIpc) is 3.84. The van der Waals surface area contributed by atoms with Crippen molar-refractivity contribution in [2.75, 3.05) is 9.71 Å². The second-order valence-electron chi connectivity index (χ2n) is 25.2. The van der Waals surface area contributed by atoms with Crippen LogP contribution in [0.15, 0.2) is 152 Å². The van der Waals surface area contributed by atoms with Crippen LogP contribution in [0.25, 0.3) is 53.6 Å². The van der Waals surface area contributed by atoms with Crippen LogP contribution in [-0.2, 0) is 27.1 Å². The van der Waals surface area contributed by atoms with Gasteiger partial charge in [-0.2, -0.15) is 0 Å². The van der Waals surface area contributed by atoms with Crippen molar-refractivity contribution < 1.29 is 0 Å². The van der Waals surface area contributed by atoms with E-state index in [0.717, 1.165) is 12.8 Å².